The van der Waals surface area contributed by atoms with Crippen molar-refractivity contribution < 1.29 is 4.79 Å². The summed E-state index contributed by atoms with van der Waals surface area (Å²) in [5.41, 5.74) is 0. The standard InChI is InChI=1S/C9H13NO/c1-6(2)9(11)8(5-10)7-3-4-7/h6-8H,3-4H2,1-2H3. The molecule has 1 aliphatic rings. The van der Waals surface area contributed by atoms with Gasteiger partial charge in [-0.3, -0.25) is 4.79 Å². The Hall–Kier alpha value is -0.840. The van der Waals surface area contributed by atoms with Crippen molar-refractivity contribution in [1.29, 1.82) is 5.26 Å². The van der Waals surface area contributed by atoms with Gasteiger partial charge in [-0.2, -0.15) is 5.26 Å². The van der Waals surface area contributed by atoms with E-state index in [1.54, 1.807) is 0 Å². The number of Topliss-reactive ketones (excluding diaryl/α,β-unsaturated/α-hetero) is 1. The van der Waals surface area contributed by atoms with E-state index in [0.29, 0.717) is 5.92 Å². The smallest absolute Gasteiger partial charge is 0.152 e. The number of nitriles is 1. The average molecular weight is 151 g/mol. The summed E-state index contributed by atoms with van der Waals surface area (Å²) in [5, 5.41) is 8.68. The van der Waals surface area contributed by atoms with Crippen LogP contribution in [0.25, 0.3) is 0 Å². The van der Waals surface area contributed by atoms with Gasteiger partial charge in [0.2, 0.25) is 0 Å². The minimum Gasteiger partial charge on any atom is -0.298 e. The fraction of sp³-hybridized carbons (Fsp3) is 0.778. The summed E-state index contributed by atoms with van der Waals surface area (Å²) in [6.45, 7) is 3.71. The number of carbonyl (C=O) groups excluding carboxylic acids is 1. The summed E-state index contributed by atoms with van der Waals surface area (Å²) in [6.07, 6.45) is 2.13. The Kier molecular flexibility index (Phi) is 2.28. The normalized spacial score (nSPS) is 19.5. The summed E-state index contributed by atoms with van der Waals surface area (Å²) in [6, 6.07) is 2.10. The minimum absolute atomic E-state index is 0.0141. The maximum Gasteiger partial charge on any atom is 0.152 e. The first-order chi connectivity index (χ1) is 5.16. The first-order valence-corrected chi connectivity index (χ1v) is 4.10. The Bertz CT molecular complexity index is 198. The van der Waals surface area contributed by atoms with E-state index in [0.717, 1.165) is 12.8 Å². The van der Waals surface area contributed by atoms with Crippen molar-refractivity contribution in [3.05, 3.63) is 0 Å². The molecule has 0 heterocycles. The molecule has 0 aromatic heterocycles. The van der Waals surface area contributed by atoms with Crippen LogP contribution in [0.4, 0.5) is 0 Å². The van der Waals surface area contributed by atoms with Gasteiger partial charge in [-0.05, 0) is 18.8 Å². The summed E-state index contributed by atoms with van der Waals surface area (Å²) < 4.78 is 0. The van der Waals surface area contributed by atoms with E-state index in [9.17, 15) is 4.79 Å². The largest absolute Gasteiger partial charge is 0.298 e. The van der Waals surface area contributed by atoms with Crippen molar-refractivity contribution in [3.8, 4) is 6.07 Å². The van der Waals surface area contributed by atoms with Gasteiger partial charge >= 0.3 is 0 Å². The Morgan fingerprint density at radius 1 is 1.55 bits per heavy atom. The molecule has 0 bridgehead atoms. The van der Waals surface area contributed by atoms with E-state index in [1.807, 2.05) is 13.8 Å². The zero-order valence-electron chi connectivity index (χ0n) is 7.00. The molecule has 1 aliphatic carbocycles. The van der Waals surface area contributed by atoms with Crippen LogP contribution in [-0.2, 0) is 4.79 Å². The lowest BCUT2D eigenvalue weighted by Gasteiger charge is -2.08. The Balaban J connectivity index is 2.55. The van der Waals surface area contributed by atoms with Gasteiger partial charge in [0.1, 0.15) is 5.92 Å². The molecule has 0 aliphatic heterocycles. The zero-order valence-corrected chi connectivity index (χ0v) is 7.00. The van der Waals surface area contributed by atoms with Crippen LogP contribution >= 0.6 is 0 Å². The van der Waals surface area contributed by atoms with Crippen LogP contribution < -0.4 is 0 Å². The van der Waals surface area contributed by atoms with Crippen molar-refractivity contribution >= 4 is 5.78 Å². The maximum atomic E-state index is 11.3. The molecule has 11 heavy (non-hydrogen) atoms. The molecule has 0 aromatic carbocycles. The number of nitrogens with zero attached hydrogens (tertiary/aromatic N) is 1. The maximum absolute atomic E-state index is 11.3. The SMILES string of the molecule is CC(C)C(=O)C(C#N)C1CC1. The average Bonchev–Trinajstić information content (AvgIpc) is 2.72. The van der Waals surface area contributed by atoms with E-state index in [2.05, 4.69) is 6.07 Å². The molecule has 60 valence electrons. The second-order valence-electron chi connectivity index (χ2n) is 3.50. The zero-order chi connectivity index (χ0) is 8.43. The van der Waals surface area contributed by atoms with Gasteiger partial charge in [0, 0.05) is 5.92 Å². The van der Waals surface area contributed by atoms with Gasteiger partial charge in [0.25, 0.3) is 0 Å². The minimum atomic E-state index is -0.310. The highest BCUT2D eigenvalue weighted by Gasteiger charge is 2.36. The van der Waals surface area contributed by atoms with Crippen LogP contribution in [0.1, 0.15) is 26.7 Å². The highest BCUT2D eigenvalue weighted by Crippen LogP contribution is 2.37. The highest BCUT2D eigenvalue weighted by molar-refractivity contribution is 5.85. The molecular formula is C9H13NO. The van der Waals surface area contributed by atoms with Crippen LogP contribution in [0.15, 0.2) is 0 Å². The third-order valence-electron chi connectivity index (χ3n) is 2.11. The van der Waals surface area contributed by atoms with E-state index in [1.165, 1.54) is 0 Å². The van der Waals surface area contributed by atoms with E-state index >= 15 is 0 Å². The lowest BCUT2D eigenvalue weighted by molar-refractivity contribution is -0.124. The van der Waals surface area contributed by atoms with Gasteiger partial charge in [0.15, 0.2) is 5.78 Å². The van der Waals surface area contributed by atoms with E-state index < -0.39 is 0 Å². The summed E-state index contributed by atoms with van der Waals surface area (Å²) in [4.78, 5) is 11.3. The molecule has 0 saturated heterocycles. The number of rotatable bonds is 3. The third-order valence-corrected chi connectivity index (χ3v) is 2.11. The Labute approximate surface area is 67.2 Å². The molecule has 0 aromatic rings. The fourth-order valence-electron chi connectivity index (χ4n) is 1.19. The number of carbonyl (C=O) groups is 1. The van der Waals surface area contributed by atoms with Gasteiger partial charge in [-0.25, -0.2) is 0 Å². The molecule has 1 unspecified atom stereocenters. The summed E-state index contributed by atoms with van der Waals surface area (Å²) in [5.74, 6) is 0.208. The highest BCUT2D eigenvalue weighted by atomic mass is 16.1. The van der Waals surface area contributed by atoms with Crippen LogP contribution in [0.2, 0.25) is 0 Å². The van der Waals surface area contributed by atoms with E-state index in [-0.39, 0.29) is 17.6 Å². The molecule has 0 radical (unpaired) electrons. The fourth-order valence-corrected chi connectivity index (χ4v) is 1.19. The number of hydrogen-bond acceptors (Lipinski definition) is 2. The molecule has 0 N–H and O–H groups in total. The first-order valence-electron chi connectivity index (χ1n) is 4.10. The van der Waals surface area contributed by atoms with Gasteiger partial charge < -0.3 is 0 Å². The van der Waals surface area contributed by atoms with Gasteiger partial charge in [-0.1, -0.05) is 13.8 Å². The molecule has 1 fully saturated rings. The first kappa shape index (κ1) is 8.26. The van der Waals surface area contributed by atoms with Crippen molar-refractivity contribution in [2.24, 2.45) is 17.8 Å². The number of hydrogen-bond donors (Lipinski definition) is 0. The molecule has 1 rings (SSSR count). The van der Waals surface area contributed by atoms with Crippen LogP contribution in [0, 0.1) is 29.1 Å². The van der Waals surface area contributed by atoms with Gasteiger partial charge in [-0.15, -0.1) is 0 Å². The van der Waals surface area contributed by atoms with Crippen molar-refractivity contribution in [2.75, 3.05) is 0 Å². The van der Waals surface area contributed by atoms with Gasteiger partial charge in [0.05, 0.1) is 6.07 Å². The van der Waals surface area contributed by atoms with Crippen LogP contribution in [-0.4, -0.2) is 5.78 Å². The third kappa shape index (κ3) is 1.80. The molecular weight excluding hydrogens is 138 g/mol. The molecule has 1 saturated carbocycles. The molecule has 1 atom stereocenters. The second kappa shape index (κ2) is 3.04. The topological polar surface area (TPSA) is 40.9 Å². The lowest BCUT2D eigenvalue weighted by Crippen LogP contribution is -2.19. The van der Waals surface area contributed by atoms with Crippen LogP contribution in [0.5, 0.6) is 0 Å². The monoisotopic (exact) mass is 151 g/mol. The molecule has 0 amide bonds. The van der Waals surface area contributed by atoms with Crippen molar-refractivity contribution in [1.82, 2.24) is 0 Å². The Morgan fingerprint density at radius 2 is 2.09 bits per heavy atom. The molecule has 2 nitrogen and oxygen atoms in total. The molecule has 2 heteroatoms. The lowest BCUT2D eigenvalue weighted by atomic mass is 9.93. The van der Waals surface area contributed by atoms with Crippen LogP contribution in [0.3, 0.4) is 0 Å². The van der Waals surface area contributed by atoms with Crippen molar-refractivity contribution in [3.63, 3.8) is 0 Å². The molecule has 0 spiro atoms. The summed E-state index contributed by atoms with van der Waals surface area (Å²) in [7, 11) is 0. The predicted molar refractivity (Wildman–Crippen MR) is 41.7 cm³/mol. The van der Waals surface area contributed by atoms with E-state index in [4.69, 9.17) is 5.26 Å². The Morgan fingerprint density at radius 3 is 2.36 bits per heavy atom. The summed E-state index contributed by atoms with van der Waals surface area (Å²) >= 11 is 0. The second-order valence-corrected chi connectivity index (χ2v) is 3.50. The number of ketones is 1. The van der Waals surface area contributed by atoms with Crippen molar-refractivity contribution in [2.45, 2.75) is 26.7 Å². The predicted octanol–water partition coefficient (Wildman–Crippen LogP) is 1.76. The quantitative estimate of drug-likeness (QED) is 0.616.